The van der Waals surface area contributed by atoms with Crippen molar-refractivity contribution >= 4 is 17.9 Å². The average Bonchev–Trinajstić information content (AvgIpc) is 2.55. The third-order valence-corrected chi connectivity index (χ3v) is 5.21. The lowest BCUT2D eigenvalue weighted by molar-refractivity contribution is -0.147. The molecule has 7 heteroatoms. The van der Waals surface area contributed by atoms with Gasteiger partial charge in [0.25, 0.3) is 0 Å². The molecule has 32 heavy (non-hydrogen) atoms. The molecular weight excluding hydrogens is 406 g/mol. The molecule has 0 spiro atoms. The summed E-state index contributed by atoms with van der Waals surface area (Å²) in [6.07, 6.45) is 2.01. The van der Waals surface area contributed by atoms with Crippen molar-refractivity contribution in [3.63, 3.8) is 0 Å². The average molecular weight is 446 g/mol. The Balaban J connectivity index is 2.39. The number of alkyl carbamates (subject to hydrolysis) is 1. The summed E-state index contributed by atoms with van der Waals surface area (Å²) in [6.45, 7) is 14.7. The first-order valence-electron chi connectivity index (χ1n) is 11.4. The van der Waals surface area contributed by atoms with Gasteiger partial charge in [-0.05, 0) is 80.2 Å². The maximum atomic E-state index is 13.6. The molecule has 0 aliphatic heterocycles. The van der Waals surface area contributed by atoms with Gasteiger partial charge in [-0.2, -0.15) is 0 Å². The number of rotatable bonds is 6. The number of nitrogens with zero attached hydrogens (tertiary/aromatic N) is 1. The molecule has 2 unspecified atom stereocenters. The lowest BCUT2D eigenvalue weighted by Crippen LogP contribution is -2.58. The summed E-state index contributed by atoms with van der Waals surface area (Å²) >= 11 is 0. The molecule has 7 nitrogen and oxygen atoms in total. The summed E-state index contributed by atoms with van der Waals surface area (Å²) in [5.74, 6) is -0.524. The fraction of sp³-hybridized carbons (Fsp3) is 0.640. The van der Waals surface area contributed by atoms with Gasteiger partial charge in [-0.3, -0.25) is 9.59 Å². The van der Waals surface area contributed by atoms with Crippen LogP contribution in [0, 0.1) is 6.92 Å². The molecule has 0 saturated heterocycles. The Bertz CT molecular complexity index is 834. The number of nitrogens with one attached hydrogen (secondary N) is 2. The van der Waals surface area contributed by atoms with Crippen molar-refractivity contribution in [2.45, 2.75) is 104 Å². The highest BCUT2D eigenvalue weighted by Crippen LogP contribution is 2.34. The Morgan fingerprint density at radius 1 is 1.09 bits per heavy atom. The standard InChI is InChI=1S/C25H39N3O4/c1-16-11-9-12-18(15-16)20(21(29)27-24(3,4)5)28(19-13-10-14-19)22(30)17(2)26-23(31)32-25(6,7)8/h9,11-12,15,17,19-20H,10,13-14H2,1-8H3,(H,26,31)(H,27,29). The molecule has 1 aromatic carbocycles. The molecule has 2 rings (SSSR count). The van der Waals surface area contributed by atoms with E-state index in [-0.39, 0.29) is 17.9 Å². The molecule has 0 heterocycles. The Morgan fingerprint density at radius 3 is 2.19 bits per heavy atom. The third-order valence-electron chi connectivity index (χ3n) is 5.21. The number of hydrogen-bond donors (Lipinski definition) is 2. The normalized spacial score (nSPS) is 16.4. The molecule has 1 saturated carbocycles. The first-order chi connectivity index (χ1) is 14.7. The number of aryl methyl sites for hydroxylation is 1. The van der Waals surface area contributed by atoms with Gasteiger partial charge in [0.15, 0.2) is 0 Å². The Hall–Kier alpha value is -2.57. The smallest absolute Gasteiger partial charge is 0.408 e. The first-order valence-corrected chi connectivity index (χ1v) is 11.4. The minimum absolute atomic E-state index is 0.0541. The van der Waals surface area contributed by atoms with Crippen molar-refractivity contribution in [1.82, 2.24) is 15.5 Å². The molecule has 2 N–H and O–H groups in total. The molecule has 178 valence electrons. The fourth-order valence-corrected chi connectivity index (χ4v) is 3.67. The van der Waals surface area contributed by atoms with Gasteiger partial charge in [-0.1, -0.05) is 29.8 Å². The molecule has 0 aromatic heterocycles. The second kappa shape index (κ2) is 9.92. The van der Waals surface area contributed by atoms with E-state index in [0.717, 1.165) is 30.4 Å². The van der Waals surface area contributed by atoms with E-state index >= 15 is 0 Å². The van der Waals surface area contributed by atoms with E-state index in [1.54, 1.807) is 32.6 Å². The lowest BCUT2D eigenvalue weighted by atomic mass is 9.87. The van der Waals surface area contributed by atoms with Crippen molar-refractivity contribution in [1.29, 1.82) is 0 Å². The van der Waals surface area contributed by atoms with Gasteiger partial charge in [0.1, 0.15) is 17.7 Å². The highest BCUT2D eigenvalue weighted by Gasteiger charge is 2.41. The predicted molar refractivity (Wildman–Crippen MR) is 125 cm³/mol. The van der Waals surface area contributed by atoms with Gasteiger partial charge in [0.2, 0.25) is 11.8 Å². The summed E-state index contributed by atoms with van der Waals surface area (Å²) in [6, 6.07) is 6.01. The lowest BCUT2D eigenvalue weighted by Gasteiger charge is -2.44. The summed E-state index contributed by atoms with van der Waals surface area (Å²) < 4.78 is 5.31. The van der Waals surface area contributed by atoms with Gasteiger partial charge < -0.3 is 20.3 Å². The van der Waals surface area contributed by atoms with Crippen LogP contribution in [0.25, 0.3) is 0 Å². The van der Waals surface area contributed by atoms with Crippen molar-refractivity contribution in [3.05, 3.63) is 35.4 Å². The molecular formula is C25H39N3O4. The number of amides is 3. The van der Waals surface area contributed by atoms with Crippen LogP contribution in [0.2, 0.25) is 0 Å². The van der Waals surface area contributed by atoms with Gasteiger partial charge >= 0.3 is 6.09 Å². The minimum Gasteiger partial charge on any atom is -0.444 e. The van der Waals surface area contributed by atoms with Crippen LogP contribution in [0.5, 0.6) is 0 Å². The van der Waals surface area contributed by atoms with Crippen molar-refractivity contribution in [3.8, 4) is 0 Å². The van der Waals surface area contributed by atoms with Crippen molar-refractivity contribution in [2.75, 3.05) is 0 Å². The van der Waals surface area contributed by atoms with E-state index < -0.39 is 29.3 Å². The number of carbonyl (C=O) groups is 3. The molecule has 1 aliphatic rings. The summed E-state index contributed by atoms with van der Waals surface area (Å²) in [5, 5.41) is 5.68. The molecule has 3 amide bonds. The topological polar surface area (TPSA) is 87.7 Å². The van der Waals surface area contributed by atoms with Gasteiger partial charge in [0.05, 0.1) is 0 Å². The highest BCUT2D eigenvalue weighted by atomic mass is 16.6. The second-order valence-corrected chi connectivity index (χ2v) is 10.8. The predicted octanol–water partition coefficient (Wildman–Crippen LogP) is 4.25. The highest BCUT2D eigenvalue weighted by molar-refractivity contribution is 5.92. The monoisotopic (exact) mass is 445 g/mol. The van der Waals surface area contributed by atoms with Crippen LogP contribution < -0.4 is 10.6 Å². The van der Waals surface area contributed by atoms with E-state index in [2.05, 4.69) is 10.6 Å². The zero-order chi connectivity index (χ0) is 24.3. The summed E-state index contributed by atoms with van der Waals surface area (Å²) in [5.41, 5.74) is 0.652. The molecule has 0 bridgehead atoms. The van der Waals surface area contributed by atoms with Crippen LogP contribution >= 0.6 is 0 Å². The Labute approximate surface area is 192 Å². The second-order valence-electron chi connectivity index (χ2n) is 10.8. The van der Waals surface area contributed by atoms with Crippen LogP contribution in [-0.2, 0) is 14.3 Å². The van der Waals surface area contributed by atoms with Crippen LogP contribution in [0.15, 0.2) is 24.3 Å². The van der Waals surface area contributed by atoms with E-state index in [4.69, 9.17) is 4.74 Å². The van der Waals surface area contributed by atoms with Crippen LogP contribution in [0.3, 0.4) is 0 Å². The van der Waals surface area contributed by atoms with Gasteiger partial charge in [0, 0.05) is 11.6 Å². The Morgan fingerprint density at radius 2 is 1.72 bits per heavy atom. The van der Waals surface area contributed by atoms with Crippen LogP contribution in [0.1, 0.15) is 84.9 Å². The Kier molecular flexibility index (Phi) is 7.97. The number of hydrogen-bond acceptors (Lipinski definition) is 4. The molecule has 0 radical (unpaired) electrons. The minimum atomic E-state index is -0.833. The van der Waals surface area contributed by atoms with E-state index in [1.165, 1.54) is 0 Å². The largest absolute Gasteiger partial charge is 0.444 e. The first kappa shape index (κ1) is 25.7. The zero-order valence-electron chi connectivity index (χ0n) is 20.7. The quantitative estimate of drug-likeness (QED) is 0.685. The van der Waals surface area contributed by atoms with E-state index in [0.29, 0.717) is 0 Å². The van der Waals surface area contributed by atoms with Crippen molar-refractivity contribution < 1.29 is 19.1 Å². The SMILES string of the molecule is Cc1cccc(C(C(=O)NC(C)(C)C)N(C(=O)C(C)NC(=O)OC(C)(C)C)C2CCC2)c1. The number of ether oxygens (including phenoxy) is 1. The van der Waals surface area contributed by atoms with Crippen LogP contribution in [-0.4, -0.2) is 46.0 Å². The van der Waals surface area contributed by atoms with E-state index in [9.17, 15) is 14.4 Å². The summed E-state index contributed by atoms with van der Waals surface area (Å²) in [4.78, 5) is 41.0. The maximum Gasteiger partial charge on any atom is 0.408 e. The molecule has 1 fully saturated rings. The number of carbonyl (C=O) groups excluding carboxylic acids is 3. The molecule has 1 aliphatic carbocycles. The van der Waals surface area contributed by atoms with Crippen molar-refractivity contribution in [2.24, 2.45) is 0 Å². The van der Waals surface area contributed by atoms with Gasteiger partial charge in [-0.25, -0.2) is 4.79 Å². The fourth-order valence-electron chi connectivity index (χ4n) is 3.67. The molecule has 1 aromatic rings. The zero-order valence-corrected chi connectivity index (χ0v) is 20.7. The van der Waals surface area contributed by atoms with Gasteiger partial charge in [-0.15, -0.1) is 0 Å². The third kappa shape index (κ3) is 7.24. The molecule has 2 atom stereocenters. The maximum absolute atomic E-state index is 13.6. The number of benzene rings is 1. The van der Waals surface area contributed by atoms with Crippen LogP contribution in [0.4, 0.5) is 4.79 Å². The van der Waals surface area contributed by atoms with E-state index in [1.807, 2.05) is 52.0 Å². The summed E-state index contributed by atoms with van der Waals surface area (Å²) in [7, 11) is 0.